The Labute approximate surface area is 113 Å². The summed E-state index contributed by atoms with van der Waals surface area (Å²) >= 11 is 0. The fourth-order valence-corrected chi connectivity index (χ4v) is 1.62. The highest BCUT2D eigenvalue weighted by atomic mass is 16.6. The van der Waals surface area contributed by atoms with Gasteiger partial charge in [0.15, 0.2) is 0 Å². The fourth-order valence-electron chi connectivity index (χ4n) is 1.62. The number of anilines is 1. The predicted molar refractivity (Wildman–Crippen MR) is 69.4 cm³/mol. The zero-order valence-electron chi connectivity index (χ0n) is 10.4. The summed E-state index contributed by atoms with van der Waals surface area (Å²) in [4.78, 5) is 31.5. The van der Waals surface area contributed by atoms with Gasteiger partial charge < -0.3 is 10.6 Å². The van der Waals surface area contributed by atoms with Crippen LogP contribution >= 0.6 is 0 Å². The standard InChI is InChI=1S/C11H12N4O5/c16-11(13-7-1-2-7)6-12-9-4-3-8(14(17)18)5-10(9)15(19)20/h3-5,7,12H,1-2,6H2,(H,13,16). The van der Waals surface area contributed by atoms with E-state index in [1.165, 1.54) is 6.07 Å². The number of nitrogens with one attached hydrogen (secondary N) is 2. The van der Waals surface area contributed by atoms with Gasteiger partial charge in [0.25, 0.3) is 11.4 Å². The molecule has 0 aromatic heterocycles. The molecule has 1 aromatic carbocycles. The normalized spacial score (nSPS) is 13.6. The third-order valence-electron chi connectivity index (χ3n) is 2.77. The van der Waals surface area contributed by atoms with Crippen molar-refractivity contribution in [3.05, 3.63) is 38.4 Å². The lowest BCUT2D eigenvalue weighted by atomic mass is 10.2. The maximum absolute atomic E-state index is 11.5. The summed E-state index contributed by atoms with van der Waals surface area (Å²) in [6, 6.07) is 3.44. The predicted octanol–water partition coefficient (Wildman–Crippen LogP) is 1.19. The molecule has 1 saturated carbocycles. The number of benzene rings is 1. The highest BCUT2D eigenvalue weighted by molar-refractivity contribution is 5.82. The molecular formula is C11H12N4O5. The summed E-state index contributed by atoms with van der Waals surface area (Å²) in [7, 11) is 0. The minimum atomic E-state index is -0.728. The van der Waals surface area contributed by atoms with Gasteiger partial charge in [-0.2, -0.15) is 0 Å². The summed E-state index contributed by atoms with van der Waals surface area (Å²) in [5.41, 5.74) is -0.727. The number of nitro groups is 2. The quantitative estimate of drug-likeness (QED) is 0.595. The van der Waals surface area contributed by atoms with E-state index in [1.807, 2.05) is 0 Å². The average Bonchev–Trinajstić information content (AvgIpc) is 3.19. The molecule has 1 aromatic rings. The molecule has 0 radical (unpaired) electrons. The number of non-ortho nitro benzene ring substituents is 1. The SMILES string of the molecule is O=C(CNc1ccc([N+](=O)[O-])cc1[N+](=O)[O-])NC1CC1. The molecule has 1 aliphatic rings. The van der Waals surface area contributed by atoms with Crippen LogP contribution in [-0.4, -0.2) is 28.3 Å². The van der Waals surface area contributed by atoms with Crippen LogP contribution in [0.3, 0.4) is 0 Å². The van der Waals surface area contributed by atoms with Crippen LogP contribution in [0.5, 0.6) is 0 Å². The first kappa shape index (κ1) is 13.7. The van der Waals surface area contributed by atoms with E-state index in [0.717, 1.165) is 25.0 Å². The lowest BCUT2D eigenvalue weighted by Gasteiger charge is -2.07. The maximum Gasteiger partial charge on any atom is 0.299 e. The molecule has 0 saturated heterocycles. The number of nitrogens with zero attached hydrogens (tertiary/aromatic N) is 2. The Morgan fingerprint density at radius 3 is 2.50 bits per heavy atom. The first-order valence-electron chi connectivity index (χ1n) is 5.93. The minimum Gasteiger partial charge on any atom is -0.371 e. The van der Waals surface area contributed by atoms with Gasteiger partial charge in [0.05, 0.1) is 22.5 Å². The van der Waals surface area contributed by atoms with Crippen molar-refractivity contribution in [2.75, 3.05) is 11.9 Å². The second kappa shape index (κ2) is 5.51. The highest BCUT2D eigenvalue weighted by Crippen LogP contribution is 2.28. The van der Waals surface area contributed by atoms with Gasteiger partial charge in [0, 0.05) is 12.1 Å². The molecule has 0 heterocycles. The van der Waals surface area contributed by atoms with E-state index in [0.29, 0.717) is 0 Å². The smallest absolute Gasteiger partial charge is 0.299 e. The zero-order valence-corrected chi connectivity index (χ0v) is 10.4. The van der Waals surface area contributed by atoms with Gasteiger partial charge in [-0.15, -0.1) is 0 Å². The summed E-state index contributed by atoms with van der Waals surface area (Å²) in [6.07, 6.45) is 1.90. The van der Waals surface area contributed by atoms with Crippen molar-refractivity contribution in [1.82, 2.24) is 5.32 Å². The Hall–Kier alpha value is -2.71. The molecule has 0 unspecified atom stereocenters. The van der Waals surface area contributed by atoms with Gasteiger partial charge >= 0.3 is 0 Å². The van der Waals surface area contributed by atoms with Crippen LogP contribution in [0.15, 0.2) is 18.2 Å². The molecule has 20 heavy (non-hydrogen) atoms. The van der Waals surface area contributed by atoms with Crippen molar-refractivity contribution in [2.24, 2.45) is 0 Å². The number of carbonyl (C=O) groups excluding carboxylic acids is 1. The van der Waals surface area contributed by atoms with Crippen LogP contribution in [0.25, 0.3) is 0 Å². The third kappa shape index (κ3) is 3.40. The van der Waals surface area contributed by atoms with Crippen molar-refractivity contribution in [3.63, 3.8) is 0 Å². The Morgan fingerprint density at radius 2 is 1.95 bits per heavy atom. The molecule has 0 aliphatic heterocycles. The van der Waals surface area contributed by atoms with E-state index in [9.17, 15) is 25.0 Å². The largest absolute Gasteiger partial charge is 0.371 e. The Balaban J connectivity index is 2.07. The number of nitro benzene ring substituents is 2. The summed E-state index contributed by atoms with van der Waals surface area (Å²) in [5.74, 6) is -0.264. The Morgan fingerprint density at radius 1 is 1.25 bits per heavy atom. The molecular weight excluding hydrogens is 268 g/mol. The molecule has 1 fully saturated rings. The highest BCUT2D eigenvalue weighted by Gasteiger charge is 2.24. The van der Waals surface area contributed by atoms with Crippen LogP contribution < -0.4 is 10.6 Å². The fraction of sp³-hybridized carbons (Fsp3) is 0.364. The third-order valence-corrected chi connectivity index (χ3v) is 2.77. The molecule has 9 heteroatoms. The zero-order chi connectivity index (χ0) is 14.7. The Bertz CT molecular complexity index is 570. The topological polar surface area (TPSA) is 127 Å². The van der Waals surface area contributed by atoms with Gasteiger partial charge in [0.2, 0.25) is 5.91 Å². The first-order valence-corrected chi connectivity index (χ1v) is 5.93. The molecule has 1 amide bonds. The van der Waals surface area contributed by atoms with Gasteiger partial charge in [-0.3, -0.25) is 25.0 Å². The summed E-state index contributed by atoms with van der Waals surface area (Å²) < 4.78 is 0. The van der Waals surface area contributed by atoms with Gasteiger partial charge in [-0.1, -0.05) is 0 Å². The second-order valence-corrected chi connectivity index (χ2v) is 4.41. The monoisotopic (exact) mass is 280 g/mol. The maximum atomic E-state index is 11.5. The van der Waals surface area contributed by atoms with Crippen molar-refractivity contribution in [1.29, 1.82) is 0 Å². The van der Waals surface area contributed by atoms with E-state index in [-0.39, 0.29) is 29.9 Å². The van der Waals surface area contributed by atoms with Crippen LogP contribution in [0.1, 0.15) is 12.8 Å². The lowest BCUT2D eigenvalue weighted by molar-refractivity contribution is -0.393. The second-order valence-electron chi connectivity index (χ2n) is 4.41. The Kier molecular flexibility index (Phi) is 3.78. The molecule has 0 atom stereocenters. The molecule has 1 aliphatic carbocycles. The minimum absolute atomic E-state index is 0.0755. The van der Waals surface area contributed by atoms with Crippen molar-refractivity contribution in [2.45, 2.75) is 18.9 Å². The number of carbonyl (C=O) groups is 1. The van der Waals surface area contributed by atoms with Crippen LogP contribution in [0, 0.1) is 20.2 Å². The van der Waals surface area contributed by atoms with Crippen molar-refractivity contribution >= 4 is 23.0 Å². The van der Waals surface area contributed by atoms with E-state index in [4.69, 9.17) is 0 Å². The summed E-state index contributed by atoms with van der Waals surface area (Å²) in [6.45, 7) is -0.116. The van der Waals surface area contributed by atoms with Gasteiger partial charge in [-0.25, -0.2) is 0 Å². The molecule has 0 spiro atoms. The molecule has 106 valence electrons. The first-order chi connectivity index (χ1) is 9.47. The van der Waals surface area contributed by atoms with Crippen molar-refractivity contribution < 1.29 is 14.6 Å². The van der Waals surface area contributed by atoms with Crippen LogP contribution in [0.2, 0.25) is 0 Å². The van der Waals surface area contributed by atoms with Crippen LogP contribution in [0.4, 0.5) is 17.1 Å². The molecule has 2 rings (SSSR count). The number of rotatable bonds is 6. The van der Waals surface area contributed by atoms with E-state index < -0.39 is 15.5 Å². The van der Waals surface area contributed by atoms with E-state index in [2.05, 4.69) is 10.6 Å². The molecule has 9 nitrogen and oxygen atoms in total. The number of hydrogen-bond donors (Lipinski definition) is 2. The molecule has 2 N–H and O–H groups in total. The molecule has 0 bridgehead atoms. The van der Waals surface area contributed by atoms with Gasteiger partial charge in [0.1, 0.15) is 5.69 Å². The number of hydrogen-bond acceptors (Lipinski definition) is 6. The van der Waals surface area contributed by atoms with Crippen LogP contribution in [-0.2, 0) is 4.79 Å². The van der Waals surface area contributed by atoms with Crippen molar-refractivity contribution in [3.8, 4) is 0 Å². The average molecular weight is 280 g/mol. The van der Waals surface area contributed by atoms with E-state index >= 15 is 0 Å². The lowest BCUT2D eigenvalue weighted by Crippen LogP contribution is -2.31. The summed E-state index contributed by atoms with van der Waals surface area (Å²) in [5, 5.41) is 26.8. The number of amides is 1. The van der Waals surface area contributed by atoms with Gasteiger partial charge in [-0.05, 0) is 18.9 Å². The van der Waals surface area contributed by atoms with E-state index in [1.54, 1.807) is 0 Å².